The number of aromatic amines is 1. The first kappa shape index (κ1) is 23.3. The van der Waals surface area contributed by atoms with E-state index >= 15 is 0 Å². The number of thioether (sulfide) groups is 1. The van der Waals surface area contributed by atoms with Crippen LogP contribution in [-0.4, -0.2) is 33.4 Å². The predicted molar refractivity (Wildman–Crippen MR) is 129 cm³/mol. The molecule has 0 aliphatic carbocycles. The summed E-state index contributed by atoms with van der Waals surface area (Å²) >= 11 is 19.1. The van der Waals surface area contributed by atoms with Gasteiger partial charge in [-0.15, -0.1) is 5.10 Å². The average molecular weight is 523 g/mol. The molecule has 7 nitrogen and oxygen atoms in total. The second-order valence-electron chi connectivity index (χ2n) is 6.55. The van der Waals surface area contributed by atoms with Crippen molar-refractivity contribution in [3.8, 4) is 28.5 Å². The Kier molecular flexibility index (Phi) is 6.99. The summed E-state index contributed by atoms with van der Waals surface area (Å²) in [4.78, 5) is 16.1. The fourth-order valence-corrected chi connectivity index (χ4v) is 4.27. The smallest absolute Gasteiger partial charge is 0.342 e. The molecule has 0 bridgehead atoms. The van der Waals surface area contributed by atoms with Crippen molar-refractivity contribution < 1.29 is 19.1 Å². The maximum Gasteiger partial charge on any atom is 0.342 e. The lowest BCUT2D eigenvalue weighted by Crippen LogP contribution is -1.97. The number of hydrogen-bond acceptors (Lipinski definition) is 6. The number of nitrogens with one attached hydrogen (secondary N) is 1. The Morgan fingerprint density at radius 2 is 1.85 bits per heavy atom. The van der Waals surface area contributed by atoms with E-state index in [1.807, 2.05) is 0 Å². The summed E-state index contributed by atoms with van der Waals surface area (Å²) in [5.41, 5.74) is 1.24. The molecule has 0 atom stereocenters. The molecule has 168 valence electrons. The third-order valence-electron chi connectivity index (χ3n) is 4.39. The Morgan fingerprint density at radius 1 is 1.09 bits per heavy atom. The number of aromatic nitrogens is 3. The number of carboxylic acid groups (broad SMARTS) is 1. The van der Waals surface area contributed by atoms with Gasteiger partial charge in [-0.3, -0.25) is 5.10 Å². The van der Waals surface area contributed by atoms with Crippen LogP contribution in [0.4, 0.5) is 0 Å². The number of aliphatic carboxylic acids is 1. The second-order valence-corrected chi connectivity index (χ2v) is 8.84. The highest BCUT2D eigenvalue weighted by Crippen LogP contribution is 2.35. The summed E-state index contributed by atoms with van der Waals surface area (Å²) in [5.74, 6) is 0.581. The fraction of sp³-hybridized carbons (Fsp3) is 0.0455. The van der Waals surface area contributed by atoms with Gasteiger partial charge in [-0.25, -0.2) is 9.78 Å². The molecule has 0 saturated heterocycles. The van der Waals surface area contributed by atoms with E-state index in [4.69, 9.17) is 44.0 Å². The summed E-state index contributed by atoms with van der Waals surface area (Å²) in [7, 11) is 1.53. The molecular weight excluding hydrogens is 509 g/mol. The van der Waals surface area contributed by atoms with Gasteiger partial charge in [0.2, 0.25) is 5.16 Å². The molecule has 33 heavy (non-hydrogen) atoms. The van der Waals surface area contributed by atoms with Crippen LogP contribution >= 0.6 is 46.6 Å². The summed E-state index contributed by atoms with van der Waals surface area (Å²) in [6.07, 6.45) is 1.39. The van der Waals surface area contributed by atoms with Crippen LogP contribution < -0.4 is 4.74 Å². The molecule has 0 unspecified atom stereocenters. The number of furan rings is 1. The molecule has 11 heteroatoms. The van der Waals surface area contributed by atoms with Crippen LogP contribution in [0.1, 0.15) is 5.76 Å². The molecule has 0 aliphatic rings. The molecule has 0 aliphatic heterocycles. The van der Waals surface area contributed by atoms with Crippen molar-refractivity contribution in [1.82, 2.24) is 15.2 Å². The van der Waals surface area contributed by atoms with E-state index in [2.05, 4.69) is 15.2 Å². The first-order valence-electron chi connectivity index (χ1n) is 9.28. The Balaban J connectivity index is 1.59. The van der Waals surface area contributed by atoms with Crippen molar-refractivity contribution in [2.45, 2.75) is 5.16 Å². The highest BCUT2D eigenvalue weighted by Gasteiger charge is 2.17. The molecule has 2 aromatic carbocycles. The van der Waals surface area contributed by atoms with Gasteiger partial charge in [-0.1, -0.05) is 34.8 Å². The maximum absolute atomic E-state index is 11.8. The van der Waals surface area contributed by atoms with Gasteiger partial charge in [0.05, 0.1) is 17.7 Å². The van der Waals surface area contributed by atoms with Gasteiger partial charge in [0.1, 0.15) is 22.2 Å². The second kappa shape index (κ2) is 9.93. The van der Waals surface area contributed by atoms with Crippen molar-refractivity contribution in [2.24, 2.45) is 0 Å². The number of halogens is 3. The Morgan fingerprint density at radius 3 is 2.58 bits per heavy atom. The van der Waals surface area contributed by atoms with Gasteiger partial charge >= 0.3 is 5.97 Å². The third-order valence-corrected chi connectivity index (χ3v) is 6.05. The number of rotatable bonds is 7. The number of hydrogen-bond donors (Lipinski definition) is 2. The molecule has 4 aromatic rings. The average Bonchev–Trinajstić information content (AvgIpc) is 3.43. The van der Waals surface area contributed by atoms with Gasteiger partial charge in [-0.05, 0) is 60.3 Å². The van der Waals surface area contributed by atoms with Crippen LogP contribution in [0.25, 0.3) is 28.8 Å². The van der Waals surface area contributed by atoms with Crippen LogP contribution in [0.5, 0.6) is 5.75 Å². The van der Waals surface area contributed by atoms with Crippen molar-refractivity contribution in [3.05, 3.63) is 74.3 Å². The highest BCUT2D eigenvalue weighted by molar-refractivity contribution is 8.04. The molecular formula is C22H14Cl3N3O4S. The summed E-state index contributed by atoms with van der Waals surface area (Å²) in [5, 5.41) is 18.2. The number of ether oxygens (including phenoxy) is 1. The lowest BCUT2D eigenvalue weighted by atomic mass is 10.2. The Labute approximate surface area is 207 Å². The van der Waals surface area contributed by atoms with Crippen LogP contribution in [0, 0.1) is 0 Å². The first-order chi connectivity index (χ1) is 15.8. The minimum Gasteiger partial charge on any atom is -0.496 e. The number of nitrogens with zero attached hydrogens (tertiary/aromatic N) is 2. The van der Waals surface area contributed by atoms with Crippen LogP contribution in [-0.2, 0) is 4.79 Å². The van der Waals surface area contributed by atoms with Crippen molar-refractivity contribution in [2.75, 3.05) is 7.11 Å². The quantitative estimate of drug-likeness (QED) is 0.201. The van der Waals surface area contributed by atoms with Gasteiger partial charge in [0.25, 0.3) is 0 Å². The molecule has 2 N–H and O–H groups in total. The number of carboxylic acids is 1. The van der Waals surface area contributed by atoms with E-state index in [9.17, 15) is 9.90 Å². The van der Waals surface area contributed by atoms with Gasteiger partial charge in [0.15, 0.2) is 5.82 Å². The van der Waals surface area contributed by atoms with Crippen LogP contribution in [0.3, 0.4) is 0 Å². The molecule has 0 radical (unpaired) electrons. The van der Waals surface area contributed by atoms with Crippen LogP contribution in [0.15, 0.2) is 63.0 Å². The van der Waals surface area contributed by atoms with E-state index in [0.717, 1.165) is 11.8 Å². The highest BCUT2D eigenvalue weighted by atomic mass is 35.5. The molecule has 2 heterocycles. The monoisotopic (exact) mass is 521 g/mol. The van der Waals surface area contributed by atoms with E-state index in [1.54, 1.807) is 48.5 Å². The number of methoxy groups -OCH3 is 1. The van der Waals surface area contributed by atoms with Crippen molar-refractivity contribution >= 4 is 58.6 Å². The van der Waals surface area contributed by atoms with Gasteiger partial charge < -0.3 is 14.3 Å². The molecule has 0 amide bonds. The van der Waals surface area contributed by atoms with E-state index in [0.29, 0.717) is 49.3 Å². The van der Waals surface area contributed by atoms with Gasteiger partial charge in [-0.2, -0.15) is 0 Å². The summed E-state index contributed by atoms with van der Waals surface area (Å²) < 4.78 is 11.1. The van der Waals surface area contributed by atoms with Crippen molar-refractivity contribution in [3.63, 3.8) is 0 Å². The molecule has 0 spiro atoms. The minimum atomic E-state index is -1.16. The third kappa shape index (κ3) is 5.36. The molecule has 0 saturated carbocycles. The lowest BCUT2D eigenvalue weighted by molar-refractivity contribution is -0.131. The summed E-state index contributed by atoms with van der Waals surface area (Å²) in [6, 6.07) is 13.4. The largest absolute Gasteiger partial charge is 0.496 e. The predicted octanol–water partition coefficient (Wildman–Crippen LogP) is 6.92. The van der Waals surface area contributed by atoms with Crippen molar-refractivity contribution in [1.29, 1.82) is 0 Å². The SMILES string of the molecule is COc1ccc(Cl)cc1-c1nc(S/C(=C\c2ccc(-c3ccc(Cl)cc3Cl)o2)C(=O)O)n[nH]1. The van der Waals surface area contributed by atoms with Crippen LogP contribution in [0.2, 0.25) is 15.1 Å². The first-order valence-corrected chi connectivity index (χ1v) is 11.2. The Hall–Kier alpha value is -2.91. The molecule has 0 fully saturated rings. The zero-order valence-electron chi connectivity index (χ0n) is 16.8. The van der Waals surface area contributed by atoms with E-state index in [1.165, 1.54) is 13.2 Å². The van der Waals surface area contributed by atoms with E-state index < -0.39 is 5.97 Å². The minimum absolute atomic E-state index is 0.0401. The number of H-pyrrole nitrogens is 1. The number of benzene rings is 2. The number of carbonyl (C=O) groups is 1. The fourth-order valence-electron chi connectivity index (χ4n) is 2.90. The van der Waals surface area contributed by atoms with E-state index in [-0.39, 0.29) is 10.1 Å². The standard InChI is InChI=1S/C22H14Cl3N3O4S/c1-31-17-6-3-11(23)8-15(17)20-26-22(28-27-20)33-19(21(29)30)10-13-4-7-18(32-13)14-5-2-12(24)9-16(14)25/h2-10H,1H3,(H,29,30)(H,26,27,28)/b19-10-. The Bertz CT molecular complexity index is 1370. The topological polar surface area (TPSA) is 101 Å². The normalized spacial score (nSPS) is 11.6. The molecule has 4 rings (SSSR count). The summed E-state index contributed by atoms with van der Waals surface area (Å²) in [6.45, 7) is 0. The molecule has 2 aromatic heterocycles. The zero-order valence-corrected chi connectivity index (χ0v) is 19.9. The lowest BCUT2D eigenvalue weighted by Gasteiger charge is -2.05. The maximum atomic E-state index is 11.8. The zero-order chi connectivity index (χ0) is 23.5. The van der Waals surface area contributed by atoms with Gasteiger partial charge in [0, 0.05) is 21.7 Å².